The average Bonchev–Trinajstić information content (AvgIpc) is 3.16. The first-order valence-corrected chi connectivity index (χ1v) is 7.90. The van der Waals surface area contributed by atoms with Crippen LogP contribution in [-0.4, -0.2) is 33.4 Å². The summed E-state index contributed by atoms with van der Waals surface area (Å²) in [5.41, 5.74) is -0.0535. The van der Waals surface area contributed by atoms with Crippen LogP contribution in [-0.2, 0) is 9.53 Å². The molecule has 2 heterocycles. The Morgan fingerprint density at radius 2 is 1.83 bits per heavy atom. The van der Waals surface area contributed by atoms with E-state index in [1.165, 1.54) is 0 Å². The van der Waals surface area contributed by atoms with Gasteiger partial charge < -0.3 is 10.1 Å². The molecule has 1 aromatic carbocycles. The molecular formula is C16H20N4O4. The fourth-order valence-corrected chi connectivity index (χ4v) is 3.02. The number of H-pyrrole nitrogens is 2. The van der Waals surface area contributed by atoms with E-state index in [-0.39, 0.29) is 23.8 Å². The lowest BCUT2D eigenvalue weighted by Crippen LogP contribution is -2.32. The molecule has 2 aromatic rings. The second-order valence-corrected chi connectivity index (χ2v) is 6.21. The van der Waals surface area contributed by atoms with Crippen LogP contribution in [0.3, 0.4) is 0 Å². The van der Waals surface area contributed by atoms with E-state index in [1.54, 1.807) is 24.3 Å². The number of hydrogen-bond acceptors (Lipinski definition) is 4. The summed E-state index contributed by atoms with van der Waals surface area (Å²) in [7, 11) is 0. The van der Waals surface area contributed by atoms with Crippen LogP contribution in [0.25, 0.3) is 5.69 Å². The summed E-state index contributed by atoms with van der Waals surface area (Å²) in [4.78, 5) is 35.6. The number of amides is 1. The number of carbonyl (C=O) groups is 1. The Bertz CT molecular complexity index is 803. The van der Waals surface area contributed by atoms with E-state index in [2.05, 4.69) is 15.5 Å². The van der Waals surface area contributed by atoms with Gasteiger partial charge in [-0.1, -0.05) is 13.8 Å². The van der Waals surface area contributed by atoms with Crippen molar-refractivity contribution in [1.82, 2.24) is 14.8 Å². The third-order valence-electron chi connectivity index (χ3n) is 4.21. The van der Waals surface area contributed by atoms with Crippen LogP contribution in [0.15, 0.2) is 33.9 Å². The van der Waals surface area contributed by atoms with E-state index >= 15 is 0 Å². The molecule has 8 nitrogen and oxygen atoms in total. The van der Waals surface area contributed by atoms with Crippen LogP contribution >= 0.6 is 0 Å². The molecule has 1 saturated heterocycles. The average molecular weight is 332 g/mol. The van der Waals surface area contributed by atoms with Crippen LogP contribution < -0.4 is 16.7 Å². The number of ether oxygens (including phenoxy) is 1. The van der Waals surface area contributed by atoms with Crippen molar-refractivity contribution in [2.75, 3.05) is 11.9 Å². The fourth-order valence-electron chi connectivity index (χ4n) is 3.02. The molecule has 0 radical (unpaired) electrons. The van der Waals surface area contributed by atoms with Crippen molar-refractivity contribution >= 4 is 11.6 Å². The van der Waals surface area contributed by atoms with Crippen LogP contribution in [0, 0.1) is 11.8 Å². The Morgan fingerprint density at radius 1 is 1.21 bits per heavy atom. The predicted octanol–water partition coefficient (Wildman–Crippen LogP) is 0.854. The Kier molecular flexibility index (Phi) is 4.39. The first kappa shape index (κ1) is 16.3. The SMILES string of the molecule is CC(C)[C@H]1OCC[C@H]1C(=O)Nc1ccc(-n2c(=O)[nH][nH]c2=O)cc1. The molecule has 1 aromatic heterocycles. The number of carbonyl (C=O) groups excluding carboxylic acids is 1. The summed E-state index contributed by atoms with van der Waals surface area (Å²) in [5.74, 6) is 0.0354. The lowest BCUT2D eigenvalue weighted by atomic mass is 9.92. The largest absolute Gasteiger partial charge is 0.377 e. The molecule has 0 bridgehead atoms. The van der Waals surface area contributed by atoms with Gasteiger partial charge in [0.1, 0.15) is 0 Å². The number of nitrogens with one attached hydrogen (secondary N) is 3. The summed E-state index contributed by atoms with van der Waals surface area (Å²) < 4.78 is 6.62. The van der Waals surface area contributed by atoms with Crippen LogP contribution in [0.1, 0.15) is 20.3 Å². The molecule has 8 heteroatoms. The maximum absolute atomic E-state index is 12.4. The fraction of sp³-hybridized carbons (Fsp3) is 0.438. The molecule has 1 aliphatic heterocycles. The highest BCUT2D eigenvalue weighted by Crippen LogP contribution is 2.28. The number of rotatable bonds is 4. The van der Waals surface area contributed by atoms with Crippen LogP contribution in [0.4, 0.5) is 5.69 Å². The van der Waals surface area contributed by atoms with Crippen molar-refractivity contribution in [2.24, 2.45) is 11.8 Å². The molecule has 1 aliphatic rings. The topological polar surface area (TPSA) is 109 Å². The van der Waals surface area contributed by atoms with Gasteiger partial charge in [-0.05, 0) is 36.6 Å². The molecule has 0 spiro atoms. The second-order valence-electron chi connectivity index (χ2n) is 6.21. The molecule has 128 valence electrons. The lowest BCUT2D eigenvalue weighted by molar-refractivity contribution is -0.122. The molecule has 3 N–H and O–H groups in total. The van der Waals surface area contributed by atoms with Gasteiger partial charge in [0, 0.05) is 12.3 Å². The smallest absolute Gasteiger partial charge is 0.348 e. The van der Waals surface area contributed by atoms with Crippen molar-refractivity contribution in [3.63, 3.8) is 0 Å². The van der Waals surface area contributed by atoms with E-state index in [1.807, 2.05) is 13.8 Å². The van der Waals surface area contributed by atoms with E-state index < -0.39 is 11.4 Å². The van der Waals surface area contributed by atoms with Crippen molar-refractivity contribution < 1.29 is 9.53 Å². The standard InChI is InChI=1S/C16H20N4O4/c1-9(2)13-12(7-8-24-13)14(21)17-10-3-5-11(6-4-10)20-15(22)18-19-16(20)23/h3-6,9,12-13H,7-8H2,1-2H3,(H,17,21)(H,18,22)(H,19,23)/t12-,13-/m1/s1. The molecule has 1 amide bonds. The van der Waals surface area contributed by atoms with Gasteiger partial charge in [-0.3, -0.25) is 4.79 Å². The van der Waals surface area contributed by atoms with E-state index in [0.29, 0.717) is 24.4 Å². The molecule has 0 saturated carbocycles. The van der Waals surface area contributed by atoms with Crippen molar-refractivity contribution in [1.29, 1.82) is 0 Å². The summed E-state index contributed by atoms with van der Waals surface area (Å²) >= 11 is 0. The Morgan fingerprint density at radius 3 is 2.42 bits per heavy atom. The normalized spacial score (nSPS) is 20.5. The molecule has 24 heavy (non-hydrogen) atoms. The third kappa shape index (κ3) is 3.05. The van der Waals surface area contributed by atoms with Gasteiger partial charge in [-0.25, -0.2) is 24.4 Å². The number of aromatic nitrogens is 3. The first-order chi connectivity index (χ1) is 11.5. The Labute approximate surface area is 137 Å². The van der Waals surface area contributed by atoms with E-state index in [0.717, 1.165) is 4.57 Å². The summed E-state index contributed by atoms with van der Waals surface area (Å²) in [6, 6.07) is 6.52. The maximum Gasteiger partial charge on any atom is 0.348 e. The van der Waals surface area contributed by atoms with Gasteiger partial charge in [0.15, 0.2) is 0 Å². The summed E-state index contributed by atoms with van der Waals surface area (Å²) in [6.07, 6.45) is 0.641. The number of aromatic amines is 2. The highest BCUT2D eigenvalue weighted by molar-refractivity contribution is 5.93. The number of anilines is 1. The van der Waals surface area contributed by atoms with Gasteiger partial charge >= 0.3 is 11.4 Å². The highest BCUT2D eigenvalue weighted by atomic mass is 16.5. The zero-order valence-electron chi connectivity index (χ0n) is 13.5. The third-order valence-corrected chi connectivity index (χ3v) is 4.21. The van der Waals surface area contributed by atoms with Gasteiger partial charge in [0.25, 0.3) is 0 Å². The zero-order chi connectivity index (χ0) is 17.3. The van der Waals surface area contributed by atoms with Crippen LogP contribution in [0.5, 0.6) is 0 Å². The van der Waals surface area contributed by atoms with Crippen LogP contribution in [0.2, 0.25) is 0 Å². The Balaban J connectivity index is 1.74. The zero-order valence-corrected chi connectivity index (χ0v) is 13.5. The van der Waals surface area contributed by atoms with Crippen molar-refractivity contribution in [3.8, 4) is 5.69 Å². The molecule has 3 rings (SSSR count). The quantitative estimate of drug-likeness (QED) is 0.771. The Hall–Kier alpha value is -2.61. The molecule has 1 fully saturated rings. The van der Waals surface area contributed by atoms with Crippen molar-refractivity contribution in [3.05, 3.63) is 45.2 Å². The molecule has 2 atom stereocenters. The number of nitrogens with zero attached hydrogens (tertiary/aromatic N) is 1. The summed E-state index contributed by atoms with van der Waals surface area (Å²) in [6.45, 7) is 4.67. The minimum Gasteiger partial charge on any atom is -0.377 e. The number of hydrogen-bond donors (Lipinski definition) is 3. The van der Waals surface area contributed by atoms with Crippen molar-refractivity contribution in [2.45, 2.75) is 26.4 Å². The monoisotopic (exact) mass is 332 g/mol. The predicted molar refractivity (Wildman–Crippen MR) is 88.3 cm³/mol. The molecular weight excluding hydrogens is 312 g/mol. The molecule has 0 aliphatic carbocycles. The first-order valence-electron chi connectivity index (χ1n) is 7.90. The summed E-state index contributed by atoms with van der Waals surface area (Å²) in [5, 5.41) is 7.31. The lowest BCUT2D eigenvalue weighted by Gasteiger charge is -2.21. The molecule has 0 unspecified atom stereocenters. The maximum atomic E-state index is 12.4. The minimum absolute atomic E-state index is 0.0683. The van der Waals surface area contributed by atoms with Gasteiger partial charge in [-0.2, -0.15) is 0 Å². The minimum atomic E-state index is -0.542. The number of benzene rings is 1. The second kappa shape index (κ2) is 6.48. The van der Waals surface area contributed by atoms with Gasteiger partial charge in [-0.15, -0.1) is 0 Å². The highest BCUT2D eigenvalue weighted by Gasteiger charge is 2.35. The van der Waals surface area contributed by atoms with Gasteiger partial charge in [0.05, 0.1) is 17.7 Å². The van der Waals surface area contributed by atoms with E-state index in [4.69, 9.17) is 4.74 Å². The van der Waals surface area contributed by atoms with E-state index in [9.17, 15) is 14.4 Å². The van der Waals surface area contributed by atoms with Gasteiger partial charge in [0.2, 0.25) is 5.91 Å².